The number of ether oxygens (including phenoxy) is 1. The third-order valence-corrected chi connectivity index (χ3v) is 2.11. The van der Waals surface area contributed by atoms with Crippen molar-refractivity contribution in [3.8, 4) is 11.8 Å². The molecule has 2 aromatic rings. The van der Waals surface area contributed by atoms with Gasteiger partial charge in [0.1, 0.15) is 5.75 Å². The largest absolute Gasteiger partial charge is 0.424 e. The molecule has 0 radical (unpaired) electrons. The Morgan fingerprint density at radius 2 is 1.69 bits per heavy atom. The van der Waals surface area contributed by atoms with E-state index in [1.54, 1.807) is 12.4 Å². The molecule has 16 heavy (non-hydrogen) atoms. The highest BCUT2D eigenvalue weighted by Crippen LogP contribution is 2.19. The molecule has 1 aromatic carbocycles. The lowest BCUT2D eigenvalue weighted by atomic mass is 10.3. The Balaban J connectivity index is 2.11. The number of anilines is 1. The van der Waals surface area contributed by atoms with E-state index in [0.717, 1.165) is 17.0 Å². The Bertz CT molecular complexity index is 451. The number of aromatic nitrogens is 2. The average molecular weight is 215 g/mol. The lowest BCUT2D eigenvalue weighted by molar-refractivity contribution is 0.441. The van der Waals surface area contributed by atoms with Gasteiger partial charge in [-0.3, -0.25) is 0 Å². The Morgan fingerprint density at radius 1 is 1.06 bits per heavy atom. The van der Waals surface area contributed by atoms with Crippen LogP contribution in [-0.2, 0) is 0 Å². The van der Waals surface area contributed by atoms with Crippen molar-refractivity contribution in [1.29, 1.82) is 0 Å². The molecule has 0 fully saturated rings. The summed E-state index contributed by atoms with van der Waals surface area (Å²) in [6, 6.07) is 7.97. The molecular weight excluding hydrogens is 202 g/mol. The summed E-state index contributed by atoms with van der Waals surface area (Å²) in [6.45, 7) is 1.94. The molecule has 0 saturated heterocycles. The van der Waals surface area contributed by atoms with Gasteiger partial charge in [0.05, 0.1) is 0 Å². The number of benzene rings is 1. The van der Waals surface area contributed by atoms with Gasteiger partial charge >= 0.3 is 6.01 Å². The van der Waals surface area contributed by atoms with Crippen LogP contribution >= 0.6 is 0 Å². The zero-order valence-electron chi connectivity index (χ0n) is 9.27. The second kappa shape index (κ2) is 4.61. The van der Waals surface area contributed by atoms with Crippen molar-refractivity contribution in [2.75, 3.05) is 12.4 Å². The van der Waals surface area contributed by atoms with Crippen LogP contribution < -0.4 is 10.1 Å². The van der Waals surface area contributed by atoms with Crippen molar-refractivity contribution in [3.05, 3.63) is 42.2 Å². The van der Waals surface area contributed by atoms with E-state index in [4.69, 9.17) is 4.74 Å². The number of aryl methyl sites for hydroxylation is 1. The van der Waals surface area contributed by atoms with Crippen molar-refractivity contribution in [2.24, 2.45) is 0 Å². The molecule has 82 valence electrons. The first kappa shape index (κ1) is 10.4. The molecule has 0 amide bonds. The summed E-state index contributed by atoms with van der Waals surface area (Å²) < 4.78 is 5.48. The molecule has 1 N–H and O–H groups in total. The lowest BCUT2D eigenvalue weighted by Crippen LogP contribution is -1.92. The van der Waals surface area contributed by atoms with Crippen molar-refractivity contribution < 1.29 is 4.74 Å². The Labute approximate surface area is 94.3 Å². The van der Waals surface area contributed by atoms with Gasteiger partial charge in [0.2, 0.25) is 0 Å². The highest BCUT2D eigenvalue weighted by atomic mass is 16.5. The summed E-state index contributed by atoms with van der Waals surface area (Å²) >= 11 is 0. The van der Waals surface area contributed by atoms with Gasteiger partial charge in [-0.2, -0.15) is 0 Å². The zero-order valence-corrected chi connectivity index (χ0v) is 9.27. The van der Waals surface area contributed by atoms with Gasteiger partial charge in [-0.15, -0.1) is 0 Å². The van der Waals surface area contributed by atoms with E-state index in [0.29, 0.717) is 6.01 Å². The van der Waals surface area contributed by atoms with E-state index in [9.17, 15) is 0 Å². The molecule has 0 saturated carbocycles. The fraction of sp³-hybridized carbons (Fsp3) is 0.167. The molecule has 0 aliphatic rings. The summed E-state index contributed by atoms with van der Waals surface area (Å²) in [5.41, 5.74) is 2.05. The quantitative estimate of drug-likeness (QED) is 0.855. The van der Waals surface area contributed by atoms with Gasteiger partial charge in [-0.05, 0) is 36.8 Å². The average Bonchev–Trinajstić information content (AvgIpc) is 2.33. The maximum atomic E-state index is 5.48. The van der Waals surface area contributed by atoms with E-state index in [2.05, 4.69) is 15.3 Å². The normalized spacial score (nSPS) is 9.88. The number of nitrogens with one attached hydrogen (secondary N) is 1. The maximum absolute atomic E-state index is 5.48. The van der Waals surface area contributed by atoms with Gasteiger partial charge in [-0.25, -0.2) is 9.97 Å². The lowest BCUT2D eigenvalue weighted by Gasteiger charge is -2.04. The highest BCUT2D eigenvalue weighted by Gasteiger charge is 1.99. The molecule has 0 atom stereocenters. The third kappa shape index (κ3) is 2.48. The van der Waals surface area contributed by atoms with Crippen molar-refractivity contribution in [1.82, 2.24) is 9.97 Å². The predicted octanol–water partition coefficient (Wildman–Crippen LogP) is 2.62. The Kier molecular flexibility index (Phi) is 3.00. The molecule has 1 heterocycles. The summed E-state index contributed by atoms with van der Waals surface area (Å²) in [4.78, 5) is 8.13. The first-order chi connectivity index (χ1) is 7.78. The molecule has 4 nitrogen and oxygen atoms in total. The van der Waals surface area contributed by atoms with Crippen LogP contribution in [0.5, 0.6) is 11.8 Å². The number of nitrogens with zero attached hydrogens (tertiary/aromatic N) is 2. The smallest absolute Gasteiger partial charge is 0.321 e. The predicted molar refractivity (Wildman–Crippen MR) is 62.8 cm³/mol. The molecule has 0 spiro atoms. The van der Waals surface area contributed by atoms with Gasteiger partial charge < -0.3 is 10.1 Å². The van der Waals surface area contributed by atoms with Crippen molar-refractivity contribution >= 4 is 5.69 Å². The van der Waals surface area contributed by atoms with Crippen LogP contribution in [0.2, 0.25) is 0 Å². The SMILES string of the molecule is CNc1ccc(Oc2ncc(C)cn2)cc1. The molecular formula is C12H13N3O. The number of hydrogen-bond acceptors (Lipinski definition) is 4. The molecule has 0 bridgehead atoms. The fourth-order valence-corrected chi connectivity index (χ4v) is 1.23. The van der Waals surface area contributed by atoms with E-state index in [-0.39, 0.29) is 0 Å². The van der Waals surface area contributed by atoms with Crippen molar-refractivity contribution in [3.63, 3.8) is 0 Å². The Hall–Kier alpha value is -2.10. The third-order valence-electron chi connectivity index (χ3n) is 2.11. The van der Waals surface area contributed by atoms with Crippen molar-refractivity contribution in [2.45, 2.75) is 6.92 Å². The molecule has 2 rings (SSSR count). The molecule has 0 aliphatic heterocycles. The first-order valence-electron chi connectivity index (χ1n) is 5.02. The van der Waals surface area contributed by atoms with Crippen LogP contribution in [0.25, 0.3) is 0 Å². The van der Waals surface area contributed by atoms with Gasteiger partial charge in [-0.1, -0.05) is 0 Å². The summed E-state index contributed by atoms with van der Waals surface area (Å²) in [5.74, 6) is 0.725. The maximum Gasteiger partial charge on any atom is 0.321 e. The van der Waals surface area contributed by atoms with Crippen LogP contribution in [0.15, 0.2) is 36.7 Å². The second-order valence-corrected chi connectivity index (χ2v) is 3.42. The molecule has 0 aliphatic carbocycles. The number of rotatable bonds is 3. The van der Waals surface area contributed by atoms with Crippen LogP contribution in [0, 0.1) is 6.92 Å². The van der Waals surface area contributed by atoms with Crippen LogP contribution in [0.1, 0.15) is 5.56 Å². The second-order valence-electron chi connectivity index (χ2n) is 3.42. The summed E-state index contributed by atoms with van der Waals surface area (Å²) in [5, 5.41) is 3.04. The highest BCUT2D eigenvalue weighted by molar-refractivity contribution is 5.46. The minimum absolute atomic E-state index is 0.364. The Morgan fingerprint density at radius 3 is 2.25 bits per heavy atom. The summed E-state index contributed by atoms with van der Waals surface area (Å²) in [6.07, 6.45) is 3.45. The van der Waals surface area contributed by atoms with Crippen LogP contribution in [0.4, 0.5) is 5.69 Å². The van der Waals surface area contributed by atoms with E-state index < -0.39 is 0 Å². The zero-order chi connectivity index (χ0) is 11.4. The molecule has 4 heteroatoms. The topological polar surface area (TPSA) is 47.0 Å². The monoisotopic (exact) mass is 215 g/mol. The van der Waals surface area contributed by atoms with Crippen LogP contribution in [-0.4, -0.2) is 17.0 Å². The van der Waals surface area contributed by atoms with Gasteiger partial charge in [0.25, 0.3) is 0 Å². The minimum atomic E-state index is 0.364. The fourth-order valence-electron chi connectivity index (χ4n) is 1.23. The van der Waals surface area contributed by atoms with E-state index >= 15 is 0 Å². The first-order valence-corrected chi connectivity index (χ1v) is 5.02. The van der Waals surface area contributed by atoms with E-state index in [1.807, 2.05) is 38.2 Å². The summed E-state index contributed by atoms with van der Waals surface area (Å²) in [7, 11) is 1.87. The van der Waals surface area contributed by atoms with Gasteiger partial charge in [0, 0.05) is 25.1 Å². The standard InChI is InChI=1S/C12H13N3O/c1-9-7-14-12(15-8-9)16-11-5-3-10(13-2)4-6-11/h3-8,13H,1-2H3. The van der Waals surface area contributed by atoms with Gasteiger partial charge in [0.15, 0.2) is 0 Å². The van der Waals surface area contributed by atoms with E-state index in [1.165, 1.54) is 0 Å². The number of hydrogen-bond donors (Lipinski definition) is 1. The minimum Gasteiger partial charge on any atom is -0.424 e. The molecule has 1 aromatic heterocycles. The molecule has 0 unspecified atom stereocenters. The van der Waals surface area contributed by atoms with Crippen LogP contribution in [0.3, 0.4) is 0 Å².